The molecule has 0 saturated heterocycles. The second kappa shape index (κ2) is 20.6. The van der Waals surface area contributed by atoms with Crippen LogP contribution in [0.15, 0.2) is 30.3 Å². The summed E-state index contributed by atoms with van der Waals surface area (Å²) < 4.78 is 10.00. The lowest BCUT2D eigenvalue weighted by Gasteiger charge is -2.30. The van der Waals surface area contributed by atoms with Crippen LogP contribution in [0.1, 0.15) is 115 Å². The second-order valence-corrected chi connectivity index (χ2v) is 11.1. The molecule has 33 heavy (non-hydrogen) atoms. The van der Waals surface area contributed by atoms with Gasteiger partial charge in [0, 0.05) is 5.56 Å². The van der Waals surface area contributed by atoms with Gasteiger partial charge in [-0.25, -0.2) is 4.57 Å². The Morgan fingerprint density at radius 3 is 1.33 bits per heavy atom. The number of unbranched alkanes of at least 4 members (excludes halogenated alkanes) is 15. The Morgan fingerprint density at radius 1 is 0.636 bits per heavy atom. The smallest absolute Gasteiger partial charge is 0.325 e. The highest BCUT2D eigenvalue weighted by molar-refractivity contribution is 7.45. The van der Waals surface area contributed by atoms with E-state index in [9.17, 15) is 0 Å². The van der Waals surface area contributed by atoms with E-state index in [1.165, 1.54) is 115 Å². The van der Waals surface area contributed by atoms with Crippen LogP contribution in [0.5, 0.6) is 0 Å². The number of hydrogen-bond acceptors (Lipinski definition) is 1. The summed E-state index contributed by atoms with van der Waals surface area (Å²) >= 11 is 0. The fraction of sp³-hybridized carbons (Fsp3) is 0.778. The highest BCUT2D eigenvalue weighted by Crippen LogP contribution is 2.25. The quantitative estimate of drug-likeness (QED) is 0.107. The van der Waals surface area contributed by atoms with E-state index in [-0.39, 0.29) is 0 Å². The van der Waals surface area contributed by atoms with Gasteiger partial charge in [0.2, 0.25) is 0 Å². The van der Waals surface area contributed by atoms with Crippen molar-refractivity contribution in [3.8, 4) is 0 Å². The molecule has 0 spiro atoms. The highest BCUT2D eigenvalue weighted by Gasteiger charge is 2.14. The van der Waals surface area contributed by atoms with Gasteiger partial charge in [-0.3, -0.25) is 0 Å². The first-order valence-corrected chi connectivity index (χ1v) is 14.8. The maximum atomic E-state index is 8.88. The summed E-state index contributed by atoms with van der Waals surface area (Å²) in [5, 5.41) is 0. The van der Waals surface area contributed by atoms with E-state index in [1.54, 1.807) is 0 Å². The van der Waals surface area contributed by atoms with Crippen LogP contribution < -0.4 is 0 Å². The predicted molar refractivity (Wildman–Crippen MR) is 141 cm³/mol. The topological polar surface area (TPSA) is 77.8 Å². The SMILES string of the molecule is CCCCCCCCCCCCCCCCCC[N+](C)(C)Cc1ccccc1.O=P(O)(O)O. The van der Waals surface area contributed by atoms with Gasteiger partial charge in [-0.05, 0) is 12.8 Å². The molecule has 1 aromatic carbocycles. The number of rotatable bonds is 19. The second-order valence-electron chi connectivity index (χ2n) is 10.1. The van der Waals surface area contributed by atoms with Crippen molar-refractivity contribution in [2.24, 2.45) is 0 Å². The lowest BCUT2D eigenvalue weighted by molar-refractivity contribution is -0.903. The molecule has 5 nitrogen and oxygen atoms in total. The first-order chi connectivity index (χ1) is 15.6. The lowest BCUT2D eigenvalue weighted by Crippen LogP contribution is -2.39. The number of benzene rings is 1. The average Bonchev–Trinajstić information content (AvgIpc) is 2.72. The van der Waals surface area contributed by atoms with Crippen molar-refractivity contribution in [2.75, 3.05) is 20.6 Å². The van der Waals surface area contributed by atoms with Crippen molar-refractivity contribution < 1.29 is 23.7 Å². The minimum atomic E-state index is -4.64. The zero-order valence-corrected chi connectivity index (χ0v) is 22.7. The molecule has 0 unspecified atom stereocenters. The molecular weight excluding hydrogens is 433 g/mol. The van der Waals surface area contributed by atoms with E-state index in [4.69, 9.17) is 19.2 Å². The Morgan fingerprint density at radius 2 is 0.970 bits per heavy atom. The molecule has 194 valence electrons. The van der Waals surface area contributed by atoms with E-state index >= 15 is 0 Å². The summed E-state index contributed by atoms with van der Waals surface area (Å²) in [7, 11) is 0.108. The van der Waals surface area contributed by atoms with E-state index in [0.717, 1.165) is 11.0 Å². The third-order valence-electron chi connectivity index (χ3n) is 6.07. The predicted octanol–water partition coefficient (Wildman–Crippen LogP) is 7.60. The molecule has 0 atom stereocenters. The monoisotopic (exact) mass is 486 g/mol. The molecule has 0 radical (unpaired) electrons. The molecule has 1 aromatic rings. The van der Waals surface area contributed by atoms with Crippen molar-refractivity contribution in [3.63, 3.8) is 0 Å². The molecule has 0 aromatic heterocycles. The van der Waals surface area contributed by atoms with Crippen LogP contribution in [-0.4, -0.2) is 39.8 Å². The van der Waals surface area contributed by atoms with Crippen LogP contribution in [-0.2, 0) is 11.1 Å². The standard InChI is InChI=1S/C27H50N.H3O4P/c1-4-5-6-7-8-9-10-11-12-13-14-15-16-17-18-22-25-28(2,3)26-27-23-20-19-21-24-27;1-5(2,3)4/h19-21,23-24H,4-18,22,25-26H2,1-3H3;(H3,1,2,3,4)/q+1;. The lowest BCUT2D eigenvalue weighted by atomic mass is 10.0. The summed E-state index contributed by atoms with van der Waals surface area (Å²) in [4.78, 5) is 21.6. The van der Waals surface area contributed by atoms with Crippen molar-refractivity contribution in [1.82, 2.24) is 0 Å². The molecule has 0 amide bonds. The molecule has 0 aliphatic rings. The van der Waals surface area contributed by atoms with E-state index < -0.39 is 7.82 Å². The summed E-state index contributed by atoms with van der Waals surface area (Å²) in [5.74, 6) is 0. The van der Waals surface area contributed by atoms with Gasteiger partial charge in [-0.1, -0.05) is 127 Å². The molecule has 0 fully saturated rings. The summed E-state index contributed by atoms with van der Waals surface area (Å²) in [5.41, 5.74) is 1.46. The van der Waals surface area contributed by atoms with Crippen molar-refractivity contribution in [1.29, 1.82) is 0 Å². The van der Waals surface area contributed by atoms with Gasteiger partial charge in [-0.2, -0.15) is 0 Å². The maximum absolute atomic E-state index is 8.88. The van der Waals surface area contributed by atoms with Gasteiger partial charge in [0.1, 0.15) is 6.54 Å². The normalized spacial score (nSPS) is 11.8. The van der Waals surface area contributed by atoms with Gasteiger partial charge in [0.25, 0.3) is 0 Å². The minimum absolute atomic E-state index is 1.11. The van der Waals surface area contributed by atoms with Crippen LogP contribution >= 0.6 is 7.82 Å². The van der Waals surface area contributed by atoms with Gasteiger partial charge in [-0.15, -0.1) is 0 Å². The van der Waals surface area contributed by atoms with Crippen LogP contribution in [0.25, 0.3) is 0 Å². The van der Waals surface area contributed by atoms with Crippen molar-refractivity contribution in [2.45, 2.75) is 116 Å². The largest absolute Gasteiger partial charge is 0.466 e. The summed E-state index contributed by atoms with van der Waals surface area (Å²) in [6.07, 6.45) is 23.2. The van der Waals surface area contributed by atoms with Crippen molar-refractivity contribution in [3.05, 3.63) is 35.9 Å². The first kappa shape index (κ1) is 32.3. The molecule has 3 N–H and O–H groups in total. The minimum Gasteiger partial charge on any atom is -0.325 e. The fourth-order valence-electron chi connectivity index (χ4n) is 4.24. The number of hydrogen-bond donors (Lipinski definition) is 3. The molecule has 0 saturated carbocycles. The number of nitrogens with zero attached hydrogens (tertiary/aromatic N) is 1. The molecule has 1 rings (SSSR count). The Hall–Kier alpha value is -0.710. The van der Waals surface area contributed by atoms with Crippen molar-refractivity contribution >= 4 is 7.82 Å². The third-order valence-corrected chi connectivity index (χ3v) is 6.07. The highest BCUT2D eigenvalue weighted by atomic mass is 31.2. The van der Waals surface area contributed by atoms with E-state index in [0.29, 0.717) is 0 Å². The molecule has 0 aliphatic carbocycles. The van der Waals surface area contributed by atoms with Gasteiger partial charge < -0.3 is 19.2 Å². The van der Waals surface area contributed by atoms with Gasteiger partial charge in [0.05, 0.1) is 20.6 Å². The molecule has 0 heterocycles. The Balaban J connectivity index is 0.00000184. The number of quaternary nitrogens is 1. The zero-order chi connectivity index (χ0) is 24.8. The molecular formula is C27H53NO4P+. The van der Waals surface area contributed by atoms with E-state index in [1.807, 2.05) is 0 Å². The van der Waals surface area contributed by atoms with Gasteiger partial charge in [0.15, 0.2) is 0 Å². The molecule has 0 bridgehead atoms. The van der Waals surface area contributed by atoms with E-state index in [2.05, 4.69) is 51.4 Å². The van der Waals surface area contributed by atoms with Gasteiger partial charge >= 0.3 is 7.82 Å². The zero-order valence-electron chi connectivity index (χ0n) is 21.8. The Bertz CT molecular complexity index is 581. The summed E-state index contributed by atoms with van der Waals surface area (Å²) in [6.45, 7) is 4.75. The first-order valence-electron chi connectivity index (χ1n) is 13.3. The van der Waals surface area contributed by atoms with Crippen LogP contribution in [0.4, 0.5) is 0 Å². The maximum Gasteiger partial charge on any atom is 0.466 e. The molecule has 0 aliphatic heterocycles. The van der Waals surface area contributed by atoms with Crippen LogP contribution in [0, 0.1) is 0 Å². The number of phosphoric acid groups is 1. The Kier molecular flexibility index (Phi) is 20.2. The summed E-state index contributed by atoms with van der Waals surface area (Å²) in [6, 6.07) is 10.9. The van der Waals surface area contributed by atoms with Crippen LogP contribution in [0.3, 0.4) is 0 Å². The average molecular weight is 487 g/mol. The third kappa shape index (κ3) is 27.4. The Labute approximate surface area is 204 Å². The molecule has 6 heteroatoms. The van der Waals surface area contributed by atoms with Crippen LogP contribution in [0.2, 0.25) is 0 Å². The fourth-order valence-corrected chi connectivity index (χ4v) is 4.24.